The summed E-state index contributed by atoms with van der Waals surface area (Å²) in [5.41, 5.74) is 4.38. The van der Waals surface area contributed by atoms with E-state index in [1.807, 2.05) is 0 Å². The Morgan fingerprint density at radius 3 is 2.71 bits per heavy atom. The fourth-order valence-corrected chi connectivity index (χ4v) is 3.52. The number of aromatic nitrogens is 4. The fraction of sp³-hybridized carbons (Fsp3) is 0.667. The third kappa shape index (κ3) is 3.81. The Balaban J connectivity index is 2.12. The van der Waals surface area contributed by atoms with E-state index in [1.165, 1.54) is 0 Å². The van der Waals surface area contributed by atoms with Crippen molar-refractivity contribution in [3.05, 3.63) is 15.6 Å². The predicted octanol–water partition coefficient (Wildman–Crippen LogP) is 1.20. The second kappa shape index (κ2) is 7.50. The lowest BCUT2D eigenvalue weighted by Crippen LogP contribution is -2.33. The van der Waals surface area contributed by atoms with Crippen molar-refractivity contribution in [3.63, 3.8) is 0 Å². The van der Waals surface area contributed by atoms with Crippen molar-refractivity contribution in [1.82, 2.24) is 19.1 Å². The standard InChI is InChI=1S/C15H19ClF3N5O4/c1-2-6(25)8-5-7(26)12(28-8)24-11-9(10(16)21-13(20)22-11)23(14(24)27)4-3-15(17,18)19/h6-8,12,25-26H,2-5H2,1H3,(H2,20,21,22)/t6?,7-,8+,12-/m1/s1. The minimum absolute atomic E-state index is 0.0373. The third-order valence-electron chi connectivity index (χ3n) is 4.61. The van der Waals surface area contributed by atoms with Crippen LogP contribution in [-0.2, 0) is 11.3 Å². The first-order valence-corrected chi connectivity index (χ1v) is 8.93. The number of nitrogens with two attached hydrogens (primary N) is 1. The molecule has 1 aliphatic heterocycles. The summed E-state index contributed by atoms with van der Waals surface area (Å²) in [6, 6.07) is 0. The van der Waals surface area contributed by atoms with Crippen molar-refractivity contribution < 1.29 is 28.1 Å². The van der Waals surface area contributed by atoms with Crippen molar-refractivity contribution in [1.29, 1.82) is 0 Å². The molecule has 9 nitrogen and oxygen atoms in total. The zero-order valence-electron chi connectivity index (χ0n) is 14.7. The first kappa shape index (κ1) is 20.8. The molecular formula is C15H19ClF3N5O4. The second-order valence-electron chi connectivity index (χ2n) is 6.56. The summed E-state index contributed by atoms with van der Waals surface area (Å²) in [4.78, 5) is 20.5. The molecule has 2 aromatic heterocycles. The van der Waals surface area contributed by atoms with Gasteiger partial charge in [0.15, 0.2) is 17.0 Å². The summed E-state index contributed by atoms with van der Waals surface area (Å²) < 4.78 is 45.4. The Hall–Kier alpha value is -1.89. The van der Waals surface area contributed by atoms with Gasteiger partial charge in [-0.05, 0) is 6.42 Å². The number of aliphatic hydroxyl groups is 2. The van der Waals surface area contributed by atoms with E-state index >= 15 is 0 Å². The normalized spacial score (nSPS) is 24.2. The molecule has 4 N–H and O–H groups in total. The Labute approximate surface area is 161 Å². The average Bonchev–Trinajstić information content (AvgIpc) is 3.09. The number of anilines is 1. The molecule has 1 saturated heterocycles. The molecule has 3 heterocycles. The number of ether oxygens (including phenoxy) is 1. The molecule has 1 unspecified atom stereocenters. The number of hydrogen-bond donors (Lipinski definition) is 3. The zero-order valence-corrected chi connectivity index (χ0v) is 15.5. The van der Waals surface area contributed by atoms with Gasteiger partial charge < -0.3 is 20.7 Å². The molecule has 0 amide bonds. The summed E-state index contributed by atoms with van der Waals surface area (Å²) in [6.07, 6.45) is -9.48. The molecule has 0 aliphatic carbocycles. The maximum absolute atomic E-state index is 12.9. The van der Waals surface area contributed by atoms with Crippen LogP contribution in [0.3, 0.4) is 0 Å². The second-order valence-corrected chi connectivity index (χ2v) is 6.92. The molecule has 13 heteroatoms. The van der Waals surface area contributed by atoms with Crippen molar-refractivity contribution in [3.8, 4) is 0 Å². The van der Waals surface area contributed by atoms with E-state index < -0.39 is 49.4 Å². The van der Waals surface area contributed by atoms with Gasteiger partial charge in [0.25, 0.3) is 0 Å². The minimum Gasteiger partial charge on any atom is -0.390 e. The van der Waals surface area contributed by atoms with Gasteiger partial charge in [0.2, 0.25) is 5.95 Å². The van der Waals surface area contributed by atoms with Gasteiger partial charge in [-0.2, -0.15) is 23.1 Å². The van der Waals surface area contributed by atoms with Gasteiger partial charge in [0.1, 0.15) is 11.6 Å². The quantitative estimate of drug-likeness (QED) is 0.614. The summed E-state index contributed by atoms with van der Waals surface area (Å²) in [6.45, 7) is 0.999. The number of aliphatic hydroxyl groups excluding tert-OH is 2. The highest BCUT2D eigenvalue weighted by atomic mass is 35.5. The minimum atomic E-state index is -4.51. The van der Waals surface area contributed by atoms with Crippen LogP contribution in [0.15, 0.2) is 4.79 Å². The number of nitrogen functional groups attached to an aromatic ring is 1. The molecule has 0 aromatic carbocycles. The highest BCUT2D eigenvalue weighted by molar-refractivity contribution is 6.33. The van der Waals surface area contributed by atoms with E-state index in [0.717, 1.165) is 9.13 Å². The zero-order chi connectivity index (χ0) is 20.8. The van der Waals surface area contributed by atoms with Gasteiger partial charge in [0, 0.05) is 13.0 Å². The average molecular weight is 426 g/mol. The summed E-state index contributed by atoms with van der Waals surface area (Å²) in [5, 5.41) is 20.0. The van der Waals surface area contributed by atoms with Crippen LogP contribution in [0.2, 0.25) is 5.15 Å². The molecule has 28 heavy (non-hydrogen) atoms. The van der Waals surface area contributed by atoms with Crippen molar-refractivity contribution in [2.75, 3.05) is 5.73 Å². The molecule has 1 fully saturated rings. The van der Waals surface area contributed by atoms with Gasteiger partial charge >= 0.3 is 11.9 Å². The molecule has 0 radical (unpaired) electrons. The number of rotatable bonds is 5. The topological polar surface area (TPSA) is 128 Å². The van der Waals surface area contributed by atoms with E-state index in [2.05, 4.69) is 9.97 Å². The van der Waals surface area contributed by atoms with Crippen molar-refractivity contribution in [2.24, 2.45) is 0 Å². The lowest BCUT2D eigenvalue weighted by Gasteiger charge is -2.18. The van der Waals surface area contributed by atoms with Crippen LogP contribution in [0, 0.1) is 0 Å². The Morgan fingerprint density at radius 2 is 2.11 bits per heavy atom. The monoisotopic (exact) mass is 425 g/mol. The van der Waals surface area contributed by atoms with Crippen LogP contribution < -0.4 is 11.4 Å². The lowest BCUT2D eigenvalue weighted by atomic mass is 10.1. The smallest absolute Gasteiger partial charge is 0.390 e. The van der Waals surface area contributed by atoms with Crippen LogP contribution in [0.5, 0.6) is 0 Å². The van der Waals surface area contributed by atoms with E-state index in [-0.39, 0.29) is 28.7 Å². The summed E-state index contributed by atoms with van der Waals surface area (Å²) >= 11 is 6.02. The van der Waals surface area contributed by atoms with Gasteiger partial charge in [0.05, 0.1) is 18.6 Å². The largest absolute Gasteiger partial charge is 0.390 e. The maximum Gasteiger partial charge on any atom is 0.390 e. The number of fused-ring (bicyclic) bond motifs is 1. The summed E-state index contributed by atoms with van der Waals surface area (Å²) in [5.74, 6) is -0.295. The molecule has 4 atom stereocenters. The highest BCUT2D eigenvalue weighted by Crippen LogP contribution is 2.34. The molecule has 0 spiro atoms. The highest BCUT2D eigenvalue weighted by Gasteiger charge is 2.41. The van der Waals surface area contributed by atoms with Crippen molar-refractivity contribution in [2.45, 2.75) is 63.4 Å². The molecule has 0 bridgehead atoms. The SMILES string of the molecule is CCC(O)[C@@H]1C[C@@H](O)[C@H](n2c(=O)n(CCC(F)(F)F)c3c(Cl)nc(N)nc32)O1. The van der Waals surface area contributed by atoms with Crippen LogP contribution in [0.25, 0.3) is 11.2 Å². The molecule has 3 rings (SSSR count). The molecule has 0 saturated carbocycles. The Bertz CT molecular complexity index is 931. The number of halogens is 4. The number of alkyl halides is 3. The van der Waals surface area contributed by atoms with E-state index in [0.29, 0.717) is 6.42 Å². The van der Waals surface area contributed by atoms with Crippen molar-refractivity contribution >= 4 is 28.7 Å². The number of hydrogen-bond acceptors (Lipinski definition) is 7. The number of aryl methyl sites for hydroxylation is 1. The number of imidazole rings is 1. The van der Waals surface area contributed by atoms with Crippen LogP contribution in [0.4, 0.5) is 19.1 Å². The van der Waals surface area contributed by atoms with Gasteiger partial charge in [-0.25, -0.2) is 9.36 Å². The predicted molar refractivity (Wildman–Crippen MR) is 92.7 cm³/mol. The fourth-order valence-electron chi connectivity index (χ4n) is 3.25. The molecule has 156 valence electrons. The van der Waals surface area contributed by atoms with E-state index in [4.69, 9.17) is 22.1 Å². The van der Waals surface area contributed by atoms with Crippen LogP contribution in [-0.4, -0.2) is 53.8 Å². The van der Waals surface area contributed by atoms with E-state index in [1.54, 1.807) is 6.92 Å². The maximum atomic E-state index is 12.9. The third-order valence-corrected chi connectivity index (χ3v) is 4.88. The first-order chi connectivity index (χ1) is 13.0. The number of nitrogens with zero attached hydrogens (tertiary/aromatic N) is 4. The lowest BCUT2D eigenvalue weighted by molar-refractivity contribution is -0.136. The van der Waals surface area contributed by atoms with Crippen LogP contribution >= 0.6 is 11.6 Å². The van der Waals surface area contributed by atoms with Crippen LogP contribution in [0.1, 0.15) is 32.4 Å². The van der Waals surface area contributed by atoms with E-state index in [9.17, 15) is 28.2 Å². The Kier molecular flexibility index (Phi) is 5.58. The molecule has 2 aromatic rings. The molecular weight excluding hydrogens is 407 g/mol. The Morgan fingerprint density at radius 1 is 1.43 bits per heavy atom. The van der Waals surface area contributed by atoms with Gasteiger partial charge in [-0.15, -0.1) is 0 Å². The molecule has 1 aliphatic rings. The summed E-state index contributed by atoms with van der Waals surface area (Å²) in [7, 11) is 0. The first-order valence-electron chi connectivity index (χ1n) is 8.55. The van der Waals surface area contributed by atoms with Gasteiger partial charge in [-0.3, -0.25) is 4.57 Å². The van der Waals surface area contributed by atoms with Gasteiger partial charge in [-0.1, -0.05) is 18.5 Å².